The van der Waals surface area contributed by atoms with Crippen molar-refractivity contribution in [3.8, 4) is 5.75 Å². The van der Waals surface area contributed by atoms with Crippen LogP contribution in [-0.4, -0.2) is 32.5 Å². The first-order valence-electron chi connectivity index (χ1n) is 9.69. The number of anilines is 3. The Hall–Kier alpha value is -3.80. The van der Waals surface area contributed by atoms with Crippen LogP contribution in [-0.2, 0) is 0 Å². The van der Waals surface area contributed by atoms with Gasteiger partial charge in [0, 0.05) is 42.3 Å². The van der Waals surface area contributed by atoms with E-state index < -0.39 is 0 Å². The van der Waals surface area contributed by atoms with Crippen LogP contribution in [0.5, 0.6) is 5.75 Å². The third kappa shape index (κ3) is 5.38. The van der Waals surface area contributed by atoms with Crippen LogP contribution in [0.15, 0.2) is 72.8 Å². The zero-order valence-electron chi connectivity index (χ0n) is 17.3. The van der Waals surface area contributed by atoms with E-state index in [1.807, 2.05) is 56.3 Å². The van der Waals surface area contributed by atoms with Crippen molar-refractivity contribution in [2.24, 2.45) is 0 Å². The Labute approximate surface area is 176 Å². The van der Waals surface area contributed by atoms with E-state index in [2.05, 4.69) is 10.6 Å². The molecule has 2 N–H and O–H groups in total. The molecule has 0 aliphatic carbocycles. The van der Waals surface area contributed by atoms with Gasteiger partial charge in [-0.3, -0.25) is 9.59 Å². The summed E-state index contributed by atoms with van der Waals surface area (Å²) in [6.07, 6.45) is 0. The number of hydrogen-bond donors (Lipinski definition) is 2. The number of carbonyl (C=O) groups excluding carboxylic acids is 2. The number of ether oxygens (including phenoxy) is 1. The zero-order valence-corrected chi connectivity index (χ0v) is 17.3. The quantitative estimate of drug-likeness (QED) is 0.602. The Bertz CT molecular complexity index is 1010. The summed E-state index contributed by atoms with van der Waals surface area (Å²) in [5.41, 5.74) is 3.31. The van der Waals surface area contributed by atoms with E-state index in [1.54, 1.807) is 42.5 Å². The van der Waals surface area contributed by atoms with Crippen LogP contribution in [0.4, 0.5) is 17.1 Å². The summed E-state index contributed by atoms with van der Waals surface area (Å²) in [6.45, 7) is 2.51. The fourth-order valence-electron chi connectivity index (χ4n) is 2.84. The van der Waals surface area contributed by atoms with E-state index in [4.69, 9.17) is 4.74 Å². The molecule has 0 unspecified atom stereocenters. The van der Waals surface area contributed by atoms with Crippen LogP contribution in [0, 0.1) is 0 Å². The van der Waals surface area contributed by atoms with Gasteiger partial charge < -0.3 is 20.3 Å². The third-order valence-corrected chi connectivity index (χ3v) is 4.45. The standard InChI is InChI=1S/C24H25N3O3/c1-4-30-22-14-12-20(13-15-22)25-23(28)17-8-10-19(11-9-17)26-24(29)18-6-5-7-21(16-18)27(2)3/h5-16H,4H2,1-3H3,(H,25,28)(H,26,29). The van der Waals surface area contributed by atoms with Crippen LogP contribution < -0.4 is 20.3 Å². The van der Waals surface area contributed by atoms with Crippen LogP contribution in [0.1, 0.15) is 27.6 Å². The van der Waals surface area contributed by atoms with Crippen molar-refractivity contribution in [1.29, 1.82) is 0 Å². The summed E-state index contributed by atoms with van der Waals surface area (Å²) in [5, 5.41) is 5.70. The second kappa shape index (κ2) is 9.60. The lowest BCUT2D eigenvalue weighted by molar-refractivity contribution is 0.102. The minimum absolute atomic E-state index is 0.203. The second-order valence-corrected chi connectivity index (χ2v) is 6.89. The Morgan fingerprint density at radius 1 is 0.800 bits per heavy atom. The highest BCUT2D eigenvalue weighted by Crippen LogP contribution is 2.18. The summed E-state index contributed by atoms with van der Waals surface area (Å²) in [4.78, 5) is 26.9. The molecule has 0 saturated carbocycles. The molecule has 154 valence electrons. The lowest BCUT2D eigenvalue weighted by Crippen LogP contribution is -2.15. The average Bonchev–Trinajstić information content (AvgIpc) is 2.76. The fourth-order valence-corrected chi connectivity index (χ4v) is 2.84. The van der Waals surface area contributed by atoms with E-state index in [1.165, 1.54) is 0 Å². The molecule has 0 spiro atoms. The molecule has 3 aromatic carbocycles. The van der Waals surface area contributed by atoms with Crippen molar-refractivity contribution in [2.75, 3.05) is 36.2 Å². The predicted molar refractivity (Wildman–Crippen MR) is 121 cm³/mol. The van der Waals surface area contributed by atoms with Crippen molar-refractivity contribution < 1.29 is 14.3 Å². The predicted octanol–water partition coefficient (Wildman–Crippen LogP) is 4.66. The van der Waals surface area contributed by atoms with Gasteiger partial charge in [-0.1, -0.05) is 6.07 Å². The van der Waals surface area contributed by atoms with Gasteiger partial charge in [0.15, 0.2) is 0 Å². The molecular formula is C24H25N3O3. The largest absolute Gasteiger partial charge is 0.494 e. The van der Waals surface area contributed by atoms with Gasteiger partial charge in [-0.2, -0.15) is 0 Å². The maximum absolute atomic E-state index is 12.5. The average molecular weight is 403 g/mol. The van der Waals surface area contributed by atoms with Gasteiger partial charge in [0.2, 0.25) is 0 Å². The molecule has 0 bridgehead atoms. The van der Waals surface area contributed by atoms with E-state index in [0.717, 1.165) is 11.4 Å². The topological polar surface area (TPSA) is 70.7 Å². The molecule has 0 aliphatic rings. The molecular weight excluding hydrogens is 378 g/mol. The Morgan fingerprint density at radius 3 is 1.93 bits per heavy atom. The number of hydrogen-bond acceptors (Lipinski definition) is 4. The number of carbonyl (C=O) groups is 2. The Kier molecular flexibility index (Phi) is 6.70. The number of benzene rings is 3. The van der Waals surface area contributed by atoms with Crippen molar-refractivity contribution in [2.45, 2.75) is 6.92 Å². The van der Waals surface area contributed by atoms with E-state index in [0.29, 0.717) is 29.1 Å². The second-order valence-electron chi connectivity index (χ2n) is 6.89. The SMILES string of the molecule is CCOc1ccc(NC(=O)c2ccc(NC(=O)c3cccc(N(C)C)c3)cc2)cc1. The van der Waals surface area contributed by atoms with Crippen LogP contribution >= 0.6 is 0 Å². The molecule has 6 nitrogen and oxygen atoms in total. The number of nitrogens with zero attached hydrogens (tertiary/aromatic N) is 1. The van der Waals surface area contributed by atoms with Crippen molar-refractivity contribution in [1.82, 2.24) is 0 Å². The summed E-state index contributed by atoms with van der Waals surface area (Å²) >= 11 is 0. The molecule has 0 radical (unpaired) electrons. The molecule has 0 atom stereocenters. The smallest absolute Gasteiger partial charge is 0.255 e. The van der Waals surface area contributed by atoms with Crippen molar-refractivity contribution >= 4 is 28.9 Å². The monoisotopic (exact) mass is 403 g/mol. The number of amides is 2. The molecule has 0 heterocycles. The maximum atomic E-state index is 12.5. The first kappa shape index (κ1) is 20.9. The Balaban J connectivity index is 1.62. The lowest BCUT2D eigenvalue weighted by atomic mass is 10.1. The summed E-state index contributed by atoms with van der Waals surface area (Å²) in [5.74, 6) is 0.327. The molecule has 2 amide bonds. The van der Waals surface area contributed by atoms with E-state index in [9.17, 15) is 9.59 Å². The van der Waals surface area contributed by atoms with Gasteiger partial charge in [-0.25, -0.2) is 0 Å². The highest BCUT2D eigenvalue weighted by atomic mass is 16.5. The third-order valence-electron chi connectivity index (χ3n) is 4.45. The number of nitrogens with one attached hydrogen (secondary N) is 2. The van der Waals surface area contributed by atoms with Gasteiger partial charge in [0.05, 0.1) is 6.61 Å². The highest BCUT2D eigenvalue weighted by Gasteiger charge is 2.10. The summed E-state index contributed by atoms with van der Waals surface area (Å²) in [7, 11) is 3.85. The summed E-state index contributed by atoms with van der Waals surface area (Å²) in [6, 6.07) is 21.3. The fraction of sp³-hybridized carbons (Fsp3) is 0.167. The minimum Gasteiger partial charge on any atom is -0.494 e. The Morgan fingerprint density at radius 2 is 1.37 bits per heavy atom. The normalized spacial score (nSPS) is 10.2. The van der Waals surface area contributed by atoms with Crippen molar-refractivity contribution in [3.63, 3.8) is 0 Å². The first-order valence-corrected chi connectivity index (χ1v) is 9.69. The maximum Gasteiger partial charge on any atom is 0.255 e. The molecule has 0 aromatic heterocycles. The molecule has 0 saturated heterocycles. The van der Waals surface area contributed by atoms with E-state index >= 15 is 0 Å². The molecule has 6 heteroatoms. The van der Waals surface area contributed by atoms with Gasteiger partial charge in [-0.15, -0.1) is 0 Å². The molecule has 30 heavy (non-hydrogen) atoms. The van der Waals surface area contributed by atoms with Crippen LogP contribution in [0.2, 0.25) is 0 Å². The van der Waals surface area contributed by atoms with E-state index in [-0.39, 0.29) is 11.8 Å². The summed E-state index contributed by atoms with van der Waals surface area (Å²) < 4.78 is 5.40. The van der Waals surface area contributed by atoms with Gasteiger partial charge in [0.1, 0.15) is 5.75 Å². The van der Waals surface area contributed by atoms with Gasteiger partial charge in [0.25, 0.3) is 11.8 Å². The van der Waals surface area contributed by atoms with Gasteiger partial charge in [-0.05, 0) is 73.7 Å². The zero-order chi connectivity index (χ0) is 21.5. The first-order chi connectivity index (χ1) is 14.5. The molecule has 3 aromatic rings. The molecule has 0 fully saturated rings. The number of rotatable bonds is 7. The van der Waals surface area contributed by atoms with Crippen LogP contribution in [0.3, 0.4) is 0 Å². The van der Waals surface area contributed by atoms with Gasteiger partial charge >= 0.3 is 0 Å². The minimum atomic E-state index is -0.226. The van der Waals surface area contributed by atoms with Crippen molar-refractivity contribution in [3.05, 3.63) is 83.9 Å². The lowest BCUT2D eigenvalue weighted by Gasteiger charge is -2.13. The molecule has 3 rings (SSSR count). The highest BCUT2D eigenvalue weighted by molar-refractivity contribution is 6.06. The van der Waals surface area contributed by atoms with Crippen LogP contribution in [0.25, 0.3) is 0 Å². The molecule has 0 aliphatic heterocycles.